The first-order chi connectivity index (χ1) is 9.13. The summed E-state index contributed by atoms with van der Waals surface area (Å²) in [5, 5.41) is 13.4. The highest BCUT2D eigenvalue weighted by Gasteiger charge is 2.18. The minimum atomic E-state index is -1.18. The van der Waals surface area contributed by atoms with E-state index in [4.69, 9.17) is 27.9 Å². The number of halogens is 1. The van der Waals surface area contributed by atoms with Gasteiger partial charge < -0.3 is 9.84 Å². The van der Waals surface area contributed by atoms with Gasteiger partial charge in [-0.3, -0.25) is 0 Å². The van der Waals surface area contributed by atoms with Crippen molar-refractivity contribution >= 4 is 17.6 Å². The van der Waals surface area contributed by atoms with Crippen molar-refractivity contribution in [2.24, 2.45) is 0 Å². The summed E-state index contributed by atoms with van der Waals surface area (Å²) in [6, 6.07) is 4.47. The van der Waals surface area contributed by atoms with Crippen LogP contribution in [-0.4, -0.2) is 32.4 Å². The number of ether oxygens (including phenoxy) is 1. The summed E-state index contributed by atoms with van der Waals surface area (Å²) < 4.78 is 6.18. The normalized spacial score (nSPS) is 9.89. The van der Waals surface area contributed by atoms with Crippen LogP contribution in [-0.2, 0) is 0 Å². The molecule has 2 heterocycles. The average Bonchev–Trinajstić information content (AvgIpc) is 2.81. The van der Waals surface area contributed by atoms with Crippen LogP contribution in [0.5, 0.6) is 5.88 Å². The van der Waals surface area contributed by atoms with Gasteiger partial charge in [0.25, 0.3) is 0 Å². The van der Waals surface area contributed by atoms with Crippen molar-refractivity contribution in [3.05, 3.63) is 35.1 Å². The topological polar surface area (TPSA) is 77.2 Å². The van der Waals surface area contributed by atoms with Crippen molar-refractivity contribution in [3.63, 3.8) is 0 Å². The highest BCUT2D eigenvalue weighted by atomic mass is 35.5. The highest BCUT2D eigenvalue weighted by molar-refractivity contribution is 6.32. The Kier molecular flexibility index (Phi) is 3.68. The lowest BCUT2D eigenvalue weighted by molar-refractivity contribution is 0.0686. The summed E-state index contributed by atoms with van der Waals surface area (Å²) in [7, 11) is 0. The second-order valence-electron chi connectivity index (χ2n) is 3.39. The van der Waals surface area contributed by atoms with Crippen LogP contribution in [0.15, 0.2) is 24.4 Å². The van der Waals surface area contributed by atoms with Crippen molar-refractivity contribution in [1.82, 2.24) is 14.8 Å². The molecule has 0 unspecified atom stereocenters. The number of carboxylic acids is 1. The molecule has 19 heavy (non-hydrogen) atoms. The molecule has 2 aromatic heterocycles. The third-order valence-corrected chi connectivity index (χ3v) is 2.44. The van der Waals surface area contributed by atoms with Crippen LogP contribution in [0.25, 0.3) is 5.82 Å². The van der Waals surface area contributed by atoms with Gasteiger partial charge in [0, 0.05) is 12.3 Å². The third kappa shape index (κ3) is 2.67. The van der Waals surface area contributed by atoms with E-state index in [-0.39, 0.29) is 29.0 Å². The number of aromatic carboxylic acids is 1. The van der Waals surface area contributed by atoms with Gasteiger partial charge in [0.1, 0.15) is 0 Å². The third-order valence-electron chi connectivity index (χ3n) is 2.15. The zero-order chi connectivity index (χ0) is 13.8. The van der Waals surface area contributed by atoms with E-state index in [1.807, 2.05) is 0 Å². The van der Waals surface area contributed by atoms with Crippen LogP contribution < -0.4 is 4.74 Å². The number of hydrogen-bond donors (Lipinski definition) is 1. The maximum absolute atomic E-state index is 11.2. The van der Waals surface area contributed by atoms with Gasteiger partial charge in [-0.25, -0.2) is 14.5 Å². The fraction of sp³-hybridized carbons (Fsp3) is 0.0833. The molecule has 0 amide bonds. The Labute approximate surface area is 113 Å². The summed E-state index contributed by atoms with van der Waals surface area (Å²) in [5.74, 6) is 1.39. The SMILES string of the molecule is C#CCOc1cc(C(=O)O)n(-c2ncccc2Cl)n1. The molecule has 1 N–H and O–H groups in total. The minimum Gasteiger partial charge on any atom is -0.477 e. The largest absolute Gasteiger partial charge is 0.477 e. The standard InChI is InChI=1S/C12H8ClN3O3/c1-2-6-19-10-7-9(12(17)18)16(15-10)11-8(13)4-3-5-14-11/h1,3-5,7H,6H2,(H,17,18). The molecule has 2 aromatic rings. The fourth-order valence-corrected chi connectivity index (χ4v) is 1.59. The summed E-state index contributed by atoms with van der Waals surface area (Å²) >= 11 is 5.96. The molecule has 0 bridgehead atoms. The van der Waals surface area contributed by atoms with E-state index < -0.39 is 5.97 Å². The number of terminal acetylenes is 1. The molecule has 0 aliphatic heterocycles. The van der Waals surface area contributed by atoms with E-state index in [1.165, 1.54) is 12.3 Å². The lowest BCUT2D eigenvalue weighted by Gasteiger charge is -2.04. The van der Waals surface area contributed by atoms with Gasteiger partial charge in [-0.1, -0.05) is 17.5 Å². The van der Waals surface area contributed by atoms with Crippen molar-refractivity contribution in [3.8, 4) is 24.0 Å². The van der Waals surface area contributed by atoms with Gasteiger partial charge in [-0.15, -0.1) is 11.5 Å². The van der Waals surface area contributed by atoms with Gasteiger partial charge in [0.05, 0.1) is 5.02 Å². The molecule has 0 fully saturated rings. The Morgan fingerprint density at radius 1 is 1.63 bits per heavy atom. The van der Waals surface area contributed by atoms with E-state index in [9.17, 15) is 4.79 Å². The van der Waals surface area contributed by atoms with Crippen LogP contribution in [0.1, 0.15) is 10.5 Å². The smallest absolute Gasteiger partial charge is 0.354 e. The monoisotopic (exact) mass is 277 g/mol. The first kappa shape index (κ1) is 12.9. The quantitative estimate of drug-likeness (QED) is 0.860. The molecule has 0 saturated heterocycles. The van der Waals surface area contributed by atoms with Crippen molar-refractivity contribution in [2.45, 2.75) is 0 Å². The Morgan fingerprint density at radius 3 is 3.05 bits per heavy atom. The molecule has 0 spiro atoms. The summed E-state index contributed by atoms with van der Waals surface area (Å²) in [4.78, 5) is 15.2. The van der Waals surface area contributed by atoms with E-state index in [2.05, 4.69) is 16.0 Å². The van der Waals surface area contributed by atoms with E-state index in [0.29, 0.717) is 0 Å². The van der Waals surface area contributed by atoms with E-state index in [0.717, 1.165) is 4.68 Å². The second kappa shape index (κ2) is 5.42. The molecule has 6 nitrogen and oxygen atoms in total. The molecule has 0 saturated carbocycles. The molecular weight excluding hydrogens is 270 g/mol. The molecule has 7 heteroatoms. The number of nitrogens with zero attached hydrogens (tertiary/aromatic N) is 3. The van der Waals surface area contributed by atoms with Crippen LogP contribution in [0.2, 0.25) is 5.02 Å². The van der Waals surface area contributed by atoms with Gasteiger partial charge in [-0.2, -0.15) is 0 Å². The number of hydrogen-bond acceptors (Lipinski definition) is 4. The number of aromatic nitrogens is 3. The predicted molar refractivity (Wildman–Crippen MR) is 67.7 cm³/mol. The molecule has 0 aliphatic rings. The minimum absolute atomic E-state index is 0.00791. The van der Waals surface area contributed by atoms with E-state index in [1.54, 1.807) is 12.1 Å². The number of carbonyl (C=O) groups is 1. The van der Waals surface area contributed by atoms with Crippen molar-refractivity contribution in [1.29, 1.82) is 0 Å². The molecule has 0 aromatic carbocycles. The summed E-state index contributed by atoms with van der Waals surface area (Å²) in [6.45, 7) is -0.00791. The molecular formula is C12H8ClN3O3. The van der Waals surface area contributed by atoms with Gasteiger partial charge in [0.2, 0.25) is 5.88 Å². The molecule has 0 atom stereocenters. The maximum Gasteiger partial charge on any atom is 0.354 e. The van der Waals surface area contributed by atoms with Crippen LogP contribution in [0.3, 0.4) is 0 Å². The number of pyridine rings is 1. The predicted octanol–water partition coefficient (Wildman–Crippen LogP) is 1.63. The zero-order valence-electron chi connectivity index (χ0n) is 9.58. The molecule has 2 rings (SSSR count). The van der Waals surface area contributed by atoms with Crippen molar-refractivity contribution in [2.75, 3.05) is 6.61 Å². The van der Waals surface area contributed by atoms with Gasteiger partial charge in [-0.05, 0) is 12.1 Å². The highest BCUT2D eigenvalue weighted by Crippen LogP contribution is 2.21. The average molecular weight is 278 g/mol. The number of rotatable bonds is 4. The summed E-state index contributed by atoms with van der Waals surface area (Å²) in [5.41, 5.74) is -0.118. The van der Waals surface area contributed by atoms with Crippen LogP contribution >= 0.6 is 11.6 Å². The van der Waals surface area contributed by atoms with Gasteiger partial charge >= 0.3 is 5.97 Å². The first-order valence-electron chi connectivity index (χ1n) is 5.14. The Morgan fingerprint density at radius 2 is 2.42 bits per heavy atom. The fourth-order valence-electron chi connectivity index (χ4n) is 1.39. The number of carboxylic acid groups (broad SMARTS) is 1. The van der Waals surface area contributed by atoms with Crippen molar-refractivity contribution < 1.29 is 14.6 Å². The zero-order valence-corrected chi connectivity index (χ0v) is 10.3. The lowest BCUT2D eigenvalue weighted by Crippen LogP contribution is -2.09. The van der Waals surface area contributed by atoms with Gasteiger partial charge in [0.15, 0.2) is 18.1 Å². The van der Waals surface area contributed by atoms with Crippen LogP contribution in [0.4, 0.5) is 0 Å². The Bertz CT molecular complexity index is 660. The van der Waals surface area contributed by atoms with Crippen LogP contribution in [0, 0.1) is 12.3 Å². The molecule has 0 aliphatic carbocycles. The molecule has 96 valence electrons. The summed E-state index contributed by atoms with van der Waals surface area (Å²) in [6.07, 6.45) is 6.54. The first-order valence-corrected chi connectivity index (χ1v) is 5.52. The molecule has 0 radical (unpaired) electrons. The second-order valence-corrected chi connectivity index (χ2v) is 3.79. The Balaban J connectivity index is 2.50. The Hall–Kier alpha value is -2.52. The lowest BCUT2D eigenvalue weighted by atomic mass is 10.4. The van der Waals surface area contributed by atoms with E-state index >= 15 is 0 Å². The maximum atomic E-state index is 11.2.